The average molecular weight is 437 g/mol. The molecule has 0 aromatic heterocycles. The Bertz CT molecular complexity index is 907. The molecule has 2 aromatic carbocycles. The largest absolute Gasteiger partial charge is 0.387 e. The van der Waals surface area contributed by atoms with E-state index in [4.69, 9.17) is 0 Å². The second-order valence-corrected chi connectivity index (χ2v) is 9.48. The molecular weight excluding hydrogens is 404 g/mol. The van der Waals surface area contributed by atoms with E-state index in [0.29, 0.717) is 13.1 Å². The minimum Gasteiger partial charge on any atom is -0.387 e. The van der Waals surface area contributed by atoms with E-state index in [2.05, 4.69) is 30.0 Å². The van der Waals surface area contributed by atoms with Crippen molar-refractivity contribution in [2.24, 2.45) is 0 Å². The molecular formula is C26H32N2O2S. The van der Waals surface area contributed by atoms with Crippen LogP contribution >= 0.6 is 11.8 Å². The summed E-state index contributed by atoms with van der Waals surface area (Å²) in [7, 11) is 0. The van der Waals surface area contributed by atoms with Crippen molar-refractivity contribution in [2.75, 3.05) is 31.9 Å². The zero-order chi connectivity index (χ0) is 21.6. The lowest BCUT2D eigenvalue weighted by atomic mass is 9.95. The van der Waals surface area contributed by atoms with Crippen LogP contribution in [-0.2, 0) is 11.2 Å². The van der Waals surface area contributed by atoms with Gasteiger partial charge in [-0.1, -0.05) is 49.4 Å². The molecule has 4 rings (SSSR count). The van der Waals surface area contributed by atoms with Gasteiger partial charge in [0.1, 0.15) is 0 Å². The number of hydrogen-bond donors (Lipinski definition) is 1. The van der Waals surface area contributed by atoms with E-state index in [1.165, 1.54) is 22.6 Å². The maximum Gasteiger partial charge on any atom is 0.246 e. The molecule has 0 radical (unpaired) electrons. The Kier molecular flexibility index (Phi) is 7.49. The molecule has 1 saturated heterocycles. The highest BCUT2D eigenvalue weighted by Gasteiger charge is 2.30. The zero-order valence-corrected chi connectivity index (χ0v) is 19.1. The lowest BCUT2D eigenvalue weighted by molar-refractivity contribution is -0.128. The van der Waals surface area contributed by atoms with Crippen molar-refractivity contribution in [1.82, 2.24) is 9.80 Å². The summed E-state index contributed by atoms with van der Waals surface area (Å²) in [4.78, 5) is 18.2. The van der Waals surface area contributed by atoms with Gasteiger partial charge in [-0.2, -0.15) is 0 Å². The van der Waals surface area contributed by atoms with Crippen molar-refractivity contribution < 1.29 is 9.90 Å². The molecule has 0 saturated carbocycles. The first-order valence-electron chi connectivity index (χ1n) is 11.4. The highest BCUT2D eigenvalue weighted by Crippen LogP contribution is 2.33. The maximum atomic E-state index is 12.6. The van der Waals surface area contributed by atoms with E-state index in [0.717, 1.165) is 37.1 Å². The van der Waals surface area contributed by atoms with E-state index in [-0.39, 0.29) is 11.9 Å². The lowest BCUT2D eigenvalue weighted by Gasteiger charge is -2.40. The van der Waals surface area contributed by atoms with Crippen molar-refractivity contribution in [3.05, 3.63) is 71.3 Å². The van der Waals surface area contributed by atoms with Crippen LogP contribution in [0.25, 0.3) is 6.08 Å². The van der Waals surface area contributed by atoms with Gasteiger partial charge in [0.2, 0.25) is 5.91 Å². The van der Waals surface area contributed by atoms with Crippen molar-refractivity contribution in [1.29, 1.82) is 0 Å². The van der Waals surface area contributed by atoms with Gasteiger partial charge in [0.25, 0.3) is 0 Å². The predicted octanol–water partition coefficient (Wildman–Crippen LogP) is 4.39. The van der Waals surface area contributed by atoms with Crippen LogP contribution in [-0.4, -0.2) is 58.8 Å². The summed E-state index contributed by atoms with van der Waals surface area (Å²) in [6.45, 7) is 5.12. The minimum absolute atomic E-state index is 0.0595. The van der Waals surface area contributed by atoms with Crippen LogP contribution in [0, 0.1) is 0 Å². The monoisotopic (exact) mass is 436 g/mol. The molecule has 4 nitrogen and oxygen atoms in total. The standard InChI is InChI=1S/C26H32N2O2S/c1-2-23(26(30)22-11-12-24-21(19-22)9-6-18-31-24)27-14-16-28(17-15-27)25(29)13-10-20-7-4-3-5-8-20/h3-5,7-8,10-13,19,23,26,30H,2,6,9,14-18H2,1H3/b13-10+. The summed E-state index contributed by atoms with van der Waals surface area (Å²) in [5.41, 5.74) is 3.44. The SMILES string of the molecule is CCC(C(O)c1ccc2c(c1)CCCS2)N1CCN(C(=O)/C=C/c2ccccc2)CC1. The highest BCUT2D eigenvalue weighted by atomic mass is 32.2. The fourth-order valence-corrected chi connectivity index (χ4v) is 5.60. The first-order valence-corrected chi connectivity index (χ1v) is 12.3. The third-order valence-corrected chi connectivity index (χ3v) is 7.57. The third kappa shape index (κ3) is 5.40. The zero-order valence-electron chi connectivity index (χ0n) is 18.2. The summed E-state index contributed by atoms with van der Waals surface area (Å²) in [5.74, 6) is 1.25. The number of aliphatic hydroxyl groups excluding tert-OH is 1. The van der Waals surface area contributed by atoms with Gasteiger partial charge in [-0.15, -0.1) is 11.8 Å². The van der Waals surface area contributed by atoms with Crippen molar-refractivity contribution in [3.63, 3.8) is 0 Å². The summed E-state index contributed by atoms with van der Waals surface area (Å²) in [5, 5.41) is 11.2. The number of thioether (sulfide) groups is 1. The van der Waals surface area contributed by atoms with Crippen molar-refractivity contribution in [3.8, 4) is 0 Å². The molecule has 31 heavy (non-hydrogen) atoms. The Morgan fingerprint density at radius 3 is 2.65 bits per heavy atom. The van der Waals surface area contributed by atoms with Gasteiger partial charge in [0, 0.05) is 43.2 Å². The Morgan fingerprint density at radius 2 is 1.90 bits per heavy atom. The van der Waals surface area contributed by atoms with Gasteiger partial charge >= 0.3 is 0 Å². The fraction of sp³-hybridized carbons (Fsp3) is 0.423. The van der Waals surface area contributed by atoms with Gasteiger partial charge in [-0.3, -0.25) is 9.69 Å². The molecule has 1 fully saturated rings. The summed E-state index contributed by atoms with van der Waals surface area (Å²) in [6, 6.07) is 16.5. The van der Waals surface area contributed by atoms with Crippen LogP contribution in [0.15, 0.2) is 59.5 Å². The van der Waals surface area contributed by atoms with E-state index in [1.54, 1.807) is 6.08 Å². The molecule has 1 amide bonds. The van der Waals surface area contributed by atoms with Gasteiger partial charge in [-0.05, 0) is 53.8 Å². The number of amides is 1. The maximum absolute atomic E-state index is 12.6. The smallest absolute Gasteiger partial charge is 0.246 e. The summed E-state index contributed by atoms with van der Waals surface area (Å²) < 4.78 is 0. The van der Waals surface area contributed by atoms with Crippen molar-refractivity contribution in [2.45, 2.75) is 43.2 Å². The molecule has 1 N–H and O–H groups in total. The number of fused-ring (bicyclic) bond motifs is 1. The van der Waals surface area contributed by atoms with Gasteiger partial charge in [-0.25, -0.2) is 0 Å². The molecule has 2 atom stereocenters. The van der Waals surface area contributed by atoms with Crippen LogP contribution in [0.5, 0.6) is 0 Å². The topological polar surface area (TPSA) is 43.8 Å². The Labute approximate surface area is 189 Å². The van der Waals surface area contributed by atoms with Crippen LogP contribution in [0.2, 0.25) is 0 Å². The molecule has 2 heterocycles. The highest BCUT2D eigenvalue weighted by molar-refractivity contribution is 7.99. The van der Waals surface area contributed by atoms with Crippen LogP contribution in [0.4, 0.5) is 0 Å². The van der Waals surface area contributed by atoms with Crippen molar-refractivity contribution >= 4 is 23.7 Å². The van der Waals surface area contributed by atoms with Gasteiger partial charge < -0.3 is 10.0 Å². The van der Waals surface area contributed by atoms with E-state index >= 15 is 0 Å². The van der Waals surface area contributed by atoms with E-state index in [1.807, 2.05) is 53.1 Å². The minimum atomic E-state index is -0.498. The van der Waals surface area contributed by atoms with E-state index in [9.17, 15) is 9.90 Å². The second-order valence-electron chi connectivity index (χ2n) is 8.34. The number of hydrogen-bond acceptors (Lipinski definition) is 4. The number of nitrogens with zero attached hydrogens (tertiary/aromatic N) is 2. The number of aryl methyl sites for hydroxylation is 1. The Morgan fingerprint density at radius 1 is 1.13 bits per heavy atom. The third-order valence-electron chi connectivity index (χ3n) is 6.37. The molecule has 0 spiro atoms. The molecule has 0 bridgehead atoms. The number of carbonyl (C=O) groups is 1. The number of carbonyl (C=O) groups excluding carboxylic acids is 1. The van der Waals surface area contributed by atoms with Crippen LogP contribution in [0.3, 0.4) is 0 Å². The summed E-state index contributed by atoms with van der Waals surface area (Å²) >= 11 is 1.92. The van der Waals surface area contributed by atoms with Gasteiger partial charge in [0.15, 0.2) is 0 Å². The molecule has 0 aliphatic carbocycles. The predicted molar refractivity (Wildman–Crippen MR) is 128 cm³/mol. The second kappa shape index (κ2) is 10.5. The Balaban J connectivity index is 1.35. The normalized spacial score (nSPS) is 19.2. The molecule has 2 aliphatic rings. The molecule has 2 aromatic rings. The van der Waals surface area contributed by atoms with Crippen LogP contribution in [0.1, 0.15) is 42.6 Å². The van der Waals surface area contributed by atoms with Gasteiger partial charge in [0.05, 0.1) is 6.10 Å². The lowest BCUT2D eigenvalue weighted by Crippen LogP contribution is -2.53. The number of aliphatic hydroxyl groups is 1. The number of piperazine rings is 1. The molecule has 5 heteroatoms. The van der Waals surface area contributed by atoms with Crippen LogP contribution < -0.4 is 0 Å². The Hall–Kier alpha value is -2.08. The molecule has 2 aliphatic heterocycles. The quantitative estimate of drug-likeness (QED) is 0.682. The molecule has 164 valence electrons. The number of rotatable bonds is 6. The fourth-order valence-electron chi connectivity index (χ4n) is 4.58. The summed E-state index contributed by atoms with van der Waals surface area (Å²) in [6.07, 6.45) is 6.25. The first-order chi connectivity index (χ1) is 15.2. The van der Waals surface area contributed by atoms with E-state index < -0.39 is 6.10 Å². The number of benzene rings is 2. The molecule has 2 unspecified atom stereocenters. The average Bonchev–Trinajstić information content (AvgIpc) is 2.83. The first kappa shape index (κ1) is 22.1.